The summed E-state index contributed by atoms with van der Waals surface area (Å²) in [4.78, 5) is 19.6. The van der Waals surface area contributed by atoms with E-state index in [2.05, 4.69) is 16.8 Å². The molecule has 0 unspecified atom stereocenters. The number of nitrogens with one attached hydrogen (secondary N) is 1. The van der Waals surface area contributed by atoms with Crippen molar-refractivity contribution in [2.75, 3.05) is 43.6 Å². The Morgan fingerprint density at radius 2 is 1.85 bits per heavy atom. The molecule has 3 rings (SSSR count). The van der Waals surface area contributed by atoms with Crippen molar-refractivity contribution in [3.63, 3.8) is 0 Å². The summed E-state index contributed by atoms with van der Waals surface area (Å²) < 4.78 is 10.6. The fraction of sp³-hybridized carbons (Fsp3) is 0.259. The summed E-state index contributed by atoms with van der Waals surface area (Å²) in [7, 11) is 1.62. The quantitative estimate of drug-likeness (QED) is 0.329. The molecular formula is C27H32N4O3. The average Bonchev–Trinajstić information content (AvgIpc) is 2.88. The van der Waals surface area contributed by atoms with Crippen molar-refractivity contribution in [3.05, 3.63) is 84.6 Å². The number of carbonyl (C=O) groups is 1. The lowest BCUT2D eigenvalue weighted by atomic mass is 10.1. The molecular weight excluding hydrogens is 428 g/mol. The second-order valence-corrected chi connectivity index (χ2v) is 7.67. The Morgan fingerprint density at radius 1 is 1.18 bits per heavy atom. The summed E-state index contributed by atoms with van der Waals surface area (Å²) in [6.07, 6.45) is 5.71. The number of ether oxygens (including phenoxy) is 2. The van der Waals surface area contributed by atoms with Crippen LogP contribution >= 0.6 is 0 Å². The van der Waals surface area contributed by atoms with Crippen molar-refractivity contribution in [2.24, 2.45) is 10.7 Å². The first-order valence-corrected chi connectivity index (χ1v) is 11.3. The number of carbonyl (C=O) groups excluding carboxylic acids is 1. The highest BCUT2D eigenvalue weighted by molar-refractivity contribution is 6.09. The highest BCUT2D eigenvalue weighted by Gasteiger charge is 2.12. The fourth-order valence-corrected chi connectivity index (χ4v) is 3.47. The van der Waals surface area contributed by atoms with Gasteiger partial charge in [-0.05, 0) is 67.1 Å². The van der Waals surface area contributed by atoms with E-state index in [1.807, 2.05) is 61.5 Å². The molecule has 2 aromatic carbocycles. The van der Waals surface area contributed by atoms with E-state index < -0.39 is 0 Å². The lowest BCUT2D eigenvalue weighted by Crippen LogP contribution is -2.36. The van der Waals surface area contributed by atoms with Crippen LogP contribution in [-0.2, 0) is 9.53 Å². The van der Waals surface area contributed by atoms with Crippen molar-refractivity contribution < 1.29 is 14.3 Å². The number of benzene rings is 2. The number of rotatable bonds is 9. The van der Waals surface area contributed by atoms with Gasteiger partial charge >= 0.3 is 0 Å². The summed E-state index contributed by atoms with van der Waals surface area (Å²) in [5, 5.41) is 2.85. The molecule has 178 valence electrons. The number of amides is 1. The van der Waals surface area contributed by atoms with Crippen LogP contribution in [0, 0.1) is 0 Å². The first-order valence-electron chi connectivity index (χ1n) is 11.3. The Balaban J connectivity index is 1.71. The molecule has 1 fully saturated rings. The molecule has 0 radical (unpaired) electrons. The molecule has 1 amide bonds. The predicted octanol–water partition coefficient (Wildman–Crippen LogP) is 4.39. The van der Waals surface area contributed by atoms with E-state index in [0.29, 0.717) is 17.8 Å². The van der Waals surface area contributed by atoms with Crippen LogP contribution in [0.5, 0.6) is 5.75 Å². The molecule has 3 N–H and O–H groups in total. The molecule has 0 spiro atoms. The molecule has 34 heavy (non-hydrogen) atoms. The van der Waals surface area contributed by atoms with Gasteiger partial charge in [-0.1, -0.05) is 19.6 Å². The van der Waals surface area contributed by atoms with Crippen LogP contribution in [0.15, 0.2) is 84.0 Å². The van der Waals surface area contributed by atoms with Crippen LogP contribution in [0.1, 0.15) is 18.9 Å². The van der Waals surface area contributed by atoms with Crippen molar-refractivity contribution in [1.82, 2.24) is 0 Å². The van der Waals surface area contributed by atoms with Crippen LogP contribution in [0.3, 0.4) is 0 Å². The molecule has 1 heterocycles. The maximum absolute atomic E-state index is 12.7. The first kappa shape index (κ1) is 24.8. The Labute approximate surface area is 201 Å². The Morgan fingerprint density at radius 3 is 2.44 bits per heavy atom. The fourth-order valence-electron chi connectivity index (χ4n) is 3.47. The van der Waals surface area contributed by atoms with Crippen molar-refractivity contribution in [3.8, 4) is 5.75 Å². The van der Waals surface area contributed by atoms with Gasteiger partial charge in [0.25, 0.3) is 5.91 Å². The van der Waals surface area contributed by atoms with E-state index in [0.717, 1.165) is 49.0 Å². The van der Waals surface area contributed by atoms with E-state index >= 15 is 0 Å². The molecule has 0 saturated carbocycles. The van der Waals surface area contributed by atoms with E-state index in [1.165, 1.54) is 0 Å². The van der Waals surface area contributed by atoms with Crippen molar-refractivity contribution in [2.45, 2.75) is 13.3 Å². The molecule has 0 aromatic heterocycles. The Hall–Kier alpha value is -3.84. The summed E-state index contributed by atoms with van der Waals surface area (Å²) in [5.41, 5.74) is 10.3. The van der Waals surface area contributed by atoms with Crippen LogP contribution < -0.4 is 20.7 Å². The number of hydrogen-bond acceptors (Lipinski definition) is 6. The number of methoxy groups -OCH3 is 1. The zero-order valence-electron chi connectivity index (χ0n) is 19.8. The van der Waals surface area contributed by atoms with E-state index in [4.69, 9.17) is 20.2 Å². The monoisotopic (exact) mass is 460 g/mol. The normalized spacial score (nSPS) is 15.1. The van der Waals surface area contributed by atoms with Gasteiger partial charge in [-0.3, -0.25) is 9.79 Å². The number of nitrogens with zero attached hydrogens (tertiary/aromatic N) is 2. The Kier molecular flexibility index (Phi) is 9.05. The van der Waals surface area contributed by atoms with Gasteiger partial charge < -0.3 is 25.4 Å². The summed E-state index contributed by atoms with van der Waals surface area (Å²) in [5.74, 6) is 0.388. The molecule has 1 saturated heterocycles. The smallest absolute Gasteiger partial charge is 0.271 e. The third-order valence-electron chi connectivity index (χ3n) is 5.37. The highest BCUT2D eigenvalue weighted by Crippen LogP contribution is 2.21. The van der Waals surface area contributed by atoms with E-state index in [1.54, 1.807) is 19.3 Å². The van der Waals surface area contributed by atoms with Gasteiger partial charge in [0.1, 0.15) is 5.75 Å². The van der Waals surface area contributed by atoms with Gasteiger partial charge in [0.05, 0.1) is 31.7 Å². The van der Waals surface area contributed by atoms with Gasteiger partial charge in [-0.15, -0.1) is 0 Å². The van der Waals surface area contributed by atoms with E-state index in [9.17, 15) is 4.79 Å². The maximum Gasteiger partial charge on any atom is 0.271 e. The third-order valence-corrected chi connectivity index (χ3v) is 5.37. The number of nitrogens with two attached hydrogens (primary N) is 1. The number of hydrogen-bond donors (Lipinski definition) is 2. The second-order valence-electron chi connectivity index (χ2n) is 7.67. The molecule has 7 nitrogen and oxygen atoms in total. The Bertz CT molecular complexity index is 1060. The van der Waals surface area contributed by atoms with Crippen LogP contribution in [0.4, 0.5) is 11.4 Å². The molecule has 1 aliphatic rings. The zero-order valence-corrected chi connectivity index (χ0v) is 19.8. The van der Waals surface area contributed by atoms with Gasteiger partial charge in [0.15, 0.2) is 0 Å². The molecule has 0 aliphatic carbocycles. The minimum atomic E-state index is -0.376. The lowest BCUT2D eigenvalue weighted by molar-refractivity contribution is -0.112. The summed E-state index contributed by atoms with van der Waals surface area (Å²) in [6.45, 7) is 8.92. The topological polar surface area (TPSA) is 89.2 Å². The predicted molar refractivity (Wildman–Crippen MR) is 139 cm³/mol. The first-order chi connectivity index (χ1) is 16.5. The maximum atomic E-state index is 12.7. The SMILES string of the molecule is C=C\C=C(/N=C(\C=C(/N)C(=O)Nc1ccc(N2CCOCC2)cc1)CC)c1ccc(OC)cc1. The molecule has 1 aliphatic heterocycles. The highest BCUT2D eigenvalue weighted by atomic mass is 16.5. The van der Waals surface area contributed by atoms with Crippen LogP contribution in [0.25, 0.3) is 5.70 Å². The van der Waals surface area contributed by atoms with Gasteiger partial charge in [-0.25, -0.2) is 0 Å². The summed E-state index contributed by atoms with van der Waals surface area (Å²) >= 11 is 0. The zero-order chi connectivity index (χ0) is 24.3. The minimum Gasteiger partial charge on any atom is -0.497 e. The molecule has 0 atom stereocenters. The van der Waals surface area contributed by atoms with E-state index in [-0.39, 0.29) is 11.6 Å². The summed E-state index contributed by atoms with van der Waals surface area (Å²) in [6, 6.07) is 15.3. The average molecular weight is 461 g/mol. The number of allylic oxidation sites excluding steroid dienone is 3. The standard InChI is InChI=1S/C27H32N4O3/c1-4-6-26(20-7-13-24(33-3)14-8-20)29-21(5-2)19-25(28)27(32)30-22-9-11-23(12-10-22)31-15-17-34-18-16-31/h4,6-14,19H,1,5,15-18,28H2,2-3H3,(H,30,32)/b25-19-,26-6-,29-21-. The minimum absolute atomic E-state index is 0.0885. The molecule has 0 bridgehead atoms. The van der Waals surface area contributed by atoms with Crippen molar-refractivity contribution in [1.29, 1.82) is 0 Å². The van der Waals surface area contributed by atoms with Gasteiger partial charge in [0.2, 0.25) is 0 Å². The van der Waals surface area contributed by atoms with Gasteiger partial charge in [0, 0.05) is 35.7 Å². The van der Waals surface area contributed by atoms with Crippen LogP contribution in [-0.4, -0.2) is 45.0 Å². The third kappa shape index (κ3) is 6.83. The second kappa shape index (κ2) is 12.4. The van der Waals surface area contributed by atoms with Crippen molar-refractivity contribution >= 4 is 28.7 Å². The number of aliphatic imine (C=N–C) groups is 1. The number of anilines is 2. The van der Waals surface area contributed by atoms with Gasteiger partial charge in [-0.2, -0.15) is 0 Å². The van der Waals surface area contributed by atoms with Crippen LogP contribution in [0.2, 0.25) is 0 Å². The molecule has 2 aromatic rings. The molecule has 7 heteroatoms. The lowest BCUT2D eigenvalue weighted by Gasteiger charge is -2.28. The largest absolute Gasteiger partial charge is 0.497 e. The number of morpholine rings is 1.